The number of aliphatic hydroxyl groups is 1. The first-order valence-electron chi connectivity index (χ1n) is 7.10. The topological polar surface area (TPSA) is 64.3 Å². The number of nitrogens with zero attached hydrogens (tertiary/aromatic N) is 2. The third-order valence-electron chi connectivity index (χ3n) is 3.92. The van der Waals surface area contributed by atoms with E-state index in [1.165, 1.54) is 0 Å². The van der Waals surface area contributed by atoms with Gasteiger partial charge in [-0.2, -0.15) is 5.26 Å². The Morgan fingerprint density at radius 2 is 2.35 bits per heavy atom. The van der Waals surface area contributed by atoms with Gasteiger partial charge in [0.15, 0.2) is 0 Å². The summed E-state index contributed by atoms with van der Waals surface area (Å²) < 4.78 is 0. The monoisotopic (exact) mass is 272 g/mol. The Balaban J connectivity index is 2.16. The Kier molecular flexibility index (Phi) is 4.75. The molecule has 20 heavy (non-hydrogen) atoms. The maximum atomic E-state index is 12.6. The summed E-state index contributed by atoms with van der Waals surface area (Å²) in [6.45, 7) is 2.83. The molecule has 0 spiro atoms. The zero-order chi connectivity index (χ0) is 14.5. The molecular formula is C16H20N2O2. The van der Waals surface area contributed by atoms with Gasteiger partial charge in [-0.25, -0.2) is 0 Å². The van der Waals surface area contributed by atoms with Crippen molar-refractivity contribution in [3.05, 3.63) is 34.9 Å². The number of rotatable bonds is 4. The SMILES string of the molecule is Cc1cc(C#N)ccc1C(=O)N1CCCC1CCCO. The molecule has 4 nitrogen and oxygen atoms in total. The zero-order valence-corrected chi connectivity index (χ0v) is 11.8. The van der Waals surface area contributed by atoms with Crippen molar-refractivity contribution >= 4 is 5.91 Å². The lowest BCUT2D eigenvalue weighted by molar-refractivity contribution is 0.0723. The fourth-order valence-electron chi connectivity index (χ4n) is 2.86. The van der Waals surface area contributed by atoms with E-state index in [0.717, 1.165) is 37.8 Å². The molecule has 1 aliphatic heterocycles. The van der Waals surface area contributed by atoms with Crippen molar-refractivity contribution in [3.63, 3.8) is 0 Å². The van der Waals surface area contributed by atoms with Gasteiger partial charge in [-0.15, -0.1) is 0 Å². The lowest BCUT2D eigenvalue weighted by Crippen LogP contribution is -2.36. The molecule has 1 heterocycles. The fourth-order valence-corrected chi connectivity index (χ4v) is 2.86. The maximum Gasteiger partial charge on any atom is 0.254 e. The van der Waals surface area contributed by atoms with Crippen LogP contribution in [0.25, 0.3) is 0 Å². The molecular weight excluding hydrogens is 252 g/mol. The van der Waals surface area contributed by atoms with E-state index in [-0.39, 0.29) is 18.6 Å². The molecule has 1 aromatic rings. The van der Waals surface area contributed by atoms with Crippen LogP contribution in [0.2, 0.25) is 0 Å². The second-order valence-corrected chi connectivity index (χ2v) is 5.30. The molecule has 1 saturated heterocycles. The minimum Gasteiger partial charge on any atom is -0.396 e. The van der Waals surface area contributed by atoms with Gasteiger partial charge in [0.1, 0.15) is 0 Å². The first-order chi connectivity index (χ1) is 9.67. The standard InChI is InChI=1S/C16H20N2O2/c1-12-10-13(11-17)6-7-15(12)16(20)18-8-2-4-14(18)5-3-9-19/h6-7,10,14,19H,2-5,8-9H2,1H3. The van der Waals surface area contributed by atoms with Gasteiger partial charge in [0.25, 0.3) is 5.91 Å². The average molecular weight is 272 g/mol. The third-order valence-corrected chi connectivity index (χ3v) is 3.92. The quantitative estimate of drug-likeness (QED) is 0.914. The van der Waals surface area contributed by atoms with Gasteiger partial charge in [-0.3, -0.25) is 4.79 Å². The lowest BCUT2D eigenvalue weighted by atomic mass is 10.0. The van der Waals surface area contributed by atoms with Crippen LogP contribution in [0, 0.1) is 18.3 Å². The Hall–Kier alpha value is -1.86. The molecule has 1 aliphatic rings. The molecule has 0 aromatic heterocycles. The van der Waals surface area contributed by atoms with E-state index in [9.17, 15) is 4.79 Å². The highest BCUT2D eigenvalue weighted by Gasteiger charge is 2.29. The van der Waals surface area contributed by atoms with Crippen molar-refractivity contribution in [3.8, 4) is 6.07 Å². The molecule has 1 aromatic carbocycles. The van der Waals surface area contributed by atoms with E-state index in [1.807, 2.05) is 11.8 Å². The molecule has 0 radical (unpaired) electrons. The summed E-state index contributed by atoms with van der Waals surface area (Å²) in [6.07, 6.45) is 3.64. The second-order valence-electron chi connectivity index (χ2n) is 5.30. The summed E-state index contributed by atoms with van der Waals surface area (Å²) in [5.74, 6) is 0.0485. The number of hydrogen-bond donors (Lipinski definition) is 1. The highest BCUT2D eigenvalue weighted by molar-refractivity contribution is 5.96. The van der Waals surface area contributed by atoms with E-state index >= 15 is 0 Å². The predicted octanol–water partition coefficient (Wildman–Crippen LogP) is 2.24. The number of nitriles is 1. The highest BCUT2D eigenvalue weighted by atomic mass is 16.3. The van der Waals surface area contributed by atoms with Crippen LogP contribution in [0.15, 0.2) is 18.2 Å². The molecule has 1 amide bonds. The van der Waals surface area contributed by atoms with Crippen LogP contribution in [0.4, 0.5) is 0 Å². The van der Waals surface area contributed by atoms with E-state index in [0.29, 0.717) is 11.1 Å². The van der Waals surface area contributed by atoms with Crippen LogP contribution >= 0.6 is 0 Å². The molecule has 1 N–H and O–H groups in total. The number of benzene rings is 1. The Morgan fingerprint density at radius 3 is 3.00 bits per heavy atom. The highest BCUT2D eigenvalue weighted by Crippen LogP contribution is 2.24. The van der Waals surface area contributed by atoms with Gasteiger partial charge in [-0.1, -0.05) is 0 Å². The number of aryl methyl sites for hydroxylation is 1. The Labute approximate surface area is 119 Å². The summed E-state index contributed by atoms with van der Waals surface area (Å²) >= 11 is 0. The molecule has 1 fully saturated rings. The van der Waals surface area contributed by atoms with Gasteiger partial charge in [0.05, 0.1) is 11.6 Å². The maximum absolute atomic E-state index is 12.6. The van der Waals surface area contributed by atoms with Crippen LogP contribution in [-0.2, 0) is 0 Å². The summed E-state index contributed by atoms with van der Waals surface area (Å²) in [4.78, 5) is 14.5. The van der Waals surface area contributed by atoms with Crippen molar-refractivity contribution in [2.24, 2.45) is 0 Å². The molecule has 1 atom stereocenters. The number of hydrogen-bond acceptors (Lipinski definition) is 3. The van der Waals surface area contributed by atoms with Crippen LogP contribution in [-0.4, -0.2) is 35.1 Å². The smallest absolute Gasteiger partial charge is 0.254 e. The van der Waals surface area contributed by atoms with E-state index < -0.39 is 0 Å². The number of aliphatic hydroxyl groups excluding tert-OH is 1. The number of carbonyl (C=O) groups is 1. The van der Waals surface area contributed by atoms with Gasteiger partial charge in [-0.05, 0) is 56.4 Å². The van der Waals surface area contributed by atoms with Crippen LogP contribution in [0.3, 0.4) is 0 Å². The number of likely N-dealkylation sites (tertiary alicyclic amines) is 1. The summed E-state index contributed by atoms with van der Waals surface area (Å²) in [5, 5.41) is 17.8. The van der Waals surface area contributed by atoms with Crippen molar-refractivity contribution in [2.75, 3.05) is 13.2 Å². The van der Waals surface area contributed by atoms with E-state index in [1.54, 1.807) is 18.2 Å². The third kappa shape index (κ3) is 3.00. The minimum absolute atomic E-state index is 0.0485. The Morgan fingerprint density at radius 1 is 1.55 bits per heavy atom. The van der Waals surface area contributed by atoms with Crippen molar-refractivity contribution in [2.45, 2.75) is 38.6 Å². The van der Waals surface area contributed by atoms with Crippen LogP contribution in [0.1, 0.15) is 47.2 Å². The van der Waals surface area contributed by atoms with Crippen molar-refractivity contribution in [1.29, 1.82) is 5.26 Å². The lowest BCUT2D eigenvalue weighted by Gasteiger charge is -2.25. The number of carbonyl (C=O) groups excluding carboxylic acids is 1. The van der Waals surface area contributed by atoms with Gasteiger partial charge in [0, 0.05) is 24.8 Å². The van der Waals surface area contributed by atoms with Gasteiger partial charge >= 0.3 is 0 Å². The van der Waals surface area contributed by atoms with E-state index in [4.69, 9.17) is 10.4 Å². The second kappa shape index (κ2) is 6.53. The van der Waals surface area contributed by atoms with Crippen LogP contribution in [0.5, 0.6) is 0 Å². The van der Waals surface area contributed by atoms with Crippen LogP contribution < -0.4 is 0 Å². The fraction of sp³-hybridized carbons (Fsp3) is 0.500. The molecule has 2 rings (SSSR count). The van der Waals surface area contributed by atoms with Crippen molar-refractivity contribution in [1.82, 2.24) is 4.90 Å². The predicted molar refractivity (Wildman–Crippen MR) is 76.3 cm³/mol. The first kappa shape index (κ1) is 14.5. The molecule has 4 heteroatoms. The average Bonchev–Trinajstić information content (AvgIpc) is 2.92. The normalized spacial score (nSPS) is 18.1. The van der Waals surface area contributed by atoms with Crippen molar-refractivity contribution < 1.29 is 9.90 Å². The first-order valence-corrected chi connectivity index (χ1v) is 7.10. The molecule has 106 valence electrons. The summed E-state index contributed by atoms with van der Waals surface area (Å²) in [5.41, 5.74) is 2.11. The molecule has 0 aliphatic carbocycles. The largest absolute Gasteiger partial charge is 0.396 e. The summed E-state index contributed by atoms with van der Waals surface area (Å²) in [7, 11) is 0. The Bertz CT molecular complexity index is 534. The number of amides is 1. The van der Waals surface area contributed by atoms with Gasteiger partial charge in [0.2, 0.25) is 0 Å². The van der Waals surface area contributed by atoms with E-state index in [2.05, 4.69) is 6.07 Å². The summed E-state index contributed by atoms with van der Waals surface area (Å²) in [6, 6.07) is 7.53. The molecule has 0 saturated carbocycles. The van der Waals surface area contributed by atoms with Gasteiger partial charge < -0.3 is 10.0 Å². The zero-order valence-electron chi connectivity index (χ0n) is 11.8. The molecule has 1 unspecified atom stereocenters. The molecule has 0 bridgehead atoms. The minimum atomic E-state index is 0.0485.